The van der Waals surface area contributed by atoms with Crippen molar-refractivity contribution in [1.29, 1.82) is 0 Å². The van der Waals surface area contributed by atoms with E-state index in [0.717, 1.165) is 25.1 Å². The molecule has 0 heterocycles. The van der Waals surface area contributed by atoms with E-state index in [4.69, 9.17) is 14.2 Å². The van der Waals surface area contributed by atoms with Gasteiger partial charge in [0, 0.05) is 25.4 Å². The first-order chi connectivity index (χ1) is 14.1. The van der Waals surface area contributed by atoms with Gasteiger partial charge in [-0.05, 0) is 49.2 Å². The zero-order valence-corrected chi connectivity index (χ0v) is 17.6. The van der Waals surface area contributed by atoms with Gasteiger partial charge < -0.3 is 24.6 Å². The third-order valence-electron chi connectivity index (χ3n) is 4.47. The summed E-state index contributed by atoms with van der Waals surface area (Å²) in [4.78, 5) is 3.06. The Hall–Kier alpha value is -2.93. The summed E-state index contributed by atoms with van der Waals surface area (Å²) in [6, 6.07) is 13.3. The molecule has 29 heavy (non-hydrogen) atoms. The normalized spacial score (nSPS) is 11.4. The Morgan fingerprint density at radius 1 is 1.00 bits per heavy atom. The lowest BCUT2D eigenvalue weighted by Crippen LogP contribution is -2.80. The first-order valence-corrected chi connectivity index (χ1v) is 9.87. The molecule has 2 rings (SSSR count). The molecule has 0 aliphatic heterocycles. The maximum Gasteiger partial charge on any atom is 0.444 e. The third-order valence-corrected chi connectivity index (χ3v) is 4.47. The summed E-state index contributed by atoms with van der Waals surface area (Å²) in [5.41, 5.74) is 1.69. The number of rotatable bonds is 11. The summed E-state index contributed by atoms with van der Waals surface area (Å²) in [7, 11) is 3.26. The molecule has 2 aromatic carbocycles. The molecule has 0 atom stereocenters. The number of benzene rings is 2. The van der Waals surface area contributed by atoms with Crippen LogP contribution >= 0.6 is 0 Å². The second-order valence-corrected chi connectivity index (χ2v) is 6.54. The van der Waals surface area contributed by atoms with Gasteiger partial charge in [-0.2, -0.15) is 0 Å². The third kappa shape index (κ3) is 7.19. The SMILES string of the molecule is CCC(CC)[NH+]=C(O)Nc1ccc(Oc2ccc(NCCOC)cc2)c(OC)c1. The fraction of sp³-hybridized carbons (Fsp3) is 0.409. The second-order valence-electron chi connectivity index (χ2n) is 6.54. The molecule has 0 spiro atoms. The standard InChI is InChI=1S/C22H31N3O4/c1-5-16(6-2)24-22(26)25-18-9-12-20(21(15-18)28-4)29-19-10-7-17(8-11-19)23-13-14-27-3/h7-12,15-16,23H,5-6,13-14H2,1-4H3,(H2,24,25,26)/p+1. The Morgan fingerprint density at radius 3 is 2.31 bits per heavy atom. The molecule has 4 N–H and O–H groups in total. The van der Waals surface area contributed by atoms with Gasteiger partial charge in [-0.25, -0.2) is 10.3 Å². The van der Waals surface area contributed by atoms with E-state index in [2.05, 4.69) is 29.5 Å². The molecule has 0 amide bonds. The topological polar surface area (TPSA) is 86.0 Å². The number of hydrogen-bond acceptors (Lipinski definition) is 4. The van der Waals surface area contributed by atoms with Crippen LogP contribution in [-0.2, 0) is 4.74 Å². The van der Waals surface area contributed by atoms with E-state index in [9.17, 15) is 5.11 Å². The number of amidine groups is 1. The average molecular weight is 403 g/mol. The van der Waals surface area contributed by atoms with E-state index in [0.29, 0.717) is 29.5 Å². The van der Waals surface area contributed by atoms with Crippen LogP contribution in [0.3, 0.4) is 0 Å². The van der Waals surface area contributed by atoms with Crippen molar-refractivity contribution in [3.63, 3.8) is 0 Å². The van der Waals surface area contributed by atoms with Gasteiger partial charge in [0.1, 0.15) is 11.4 Å². The van der Waals surface area contributed by atoms with E-state index < -0.39 is 0 Å². The van der Waals surface area contributed by atoms with Crippen LogP contribution in [0.15, 0.2) is 42.5 Å². The Balaban J connectivity index is 2.05. The van der Waals surface area contributed by atoms with Crippen molar-refractivity contribution in [2.24, 2.45) is 0 Å². The van der Waals surface area contributed by atoms with Crippen molar-refractivity contribution >= 4 is 17.4 Å². The molecule has 0 aromatic heterocycles. The number of ether oxygens (including phenoxy) is 3. The molecular weight excluding hydrogens is 370 g/mol. The minimum absolute atomic E-state index is 0.0194. The molecule has 7 heteroatoms. The molecule has 0 aliphatic rings. The molecule has 158 valence electrons. The molecule has 2 aromatic rings. The number of aliphatic hydroxyl groups is 1. The van der Waals surface area contributed by atoms with Crippen molar-refractivity contribution in [2.45, 2.75) is 32.7 Å². The quantitative estimate of drug-likeness (QED) is 0.262. The number of anilines is 2. The highest BCUT2D eigenvalue weighted by Gasteiger charge is 2.13. The van der Waals surface area contributed by atoms with Gasteiger partial charge in [0.15, 0.2) is 11.5 Å². The van der Waals surface area contributed by atoms with Crippen molar-refractivity contribution in [2.75, 3.05) is 38.0 Å². The molecule has 7 nitrogen and oxygen atoms in total. The van der Waals surface area contributed by atoms with Crippen LogP contribution in [0.1, 0.15) is 26.7 Å². The van der Waals surface area contributed by atoms with Crippen molar-refractivity contribution in [1.82, 2.24) is 0 Å². The number of methoxy groups -OCH3 is 2. The number of nitrogens with one attached hydrogen (secondary N) is 3. The van der Waals surface area contributed by atoms with Crippen LogP contribution in [0, 0.1) is 0 Å². The summed E-state index contributed by atoms with van der Waals surface area (Å²) < 4.78 is 16.4. The first-order valence-electron chi connectivity index (χ1n) is 9.87. The molecule has 0 radical (unpaired) electrons. The Morgan fingerprint density at radius 2 is 1.69 bits per heavy atom. The summed E-state index contributed by atoms with van der Waals surface area (Å²) in [5, 5.41) is 16.3. The monoisotopic (exact) mass is 402 g/mol. The fourth-order valence-corrected chi connectivity index (χ4v) is 2.75. The maximum atomic E-state index is 10.1. The van der Waals surface area contributed by atoms with Crippen LogP contribution < -0.4 is 25.1 Å². The average Bonchev–Trinajstić information content (AvgIpc) is 2.74. The van der Waals surface area contributed by atoms with Gasteiger partial charge in [-0.3, -0.25) is 0 Å². The van der Waals surface area contributed by atoms with E-state index in [1.54, 1.807) is 26.4 Å². The number of hydrogen-bond donors (Lipinski definition) is 4. The van der Waals surface area contributed by atoms with E-state index in [-0.39, 0.29) is 12.1 Å². The lowest BCUT2D eigenvalue weighted by Gasteiger charge is -2.12. The Kier molecular flexibility index (Phi) is 9.11. The zero-order chi connectivity index (χ0) is 21.1. The van der Waals surface area contributed by atoms with Crippen LogP contribution in [0.25, 0.3) is 0 Å². The highest BCUT2D eigenvalue weighted by molar-refractivity contribution is 5.83. The largest absolute Gasteiger partial charge is 0.493 e. The summed E-state index contributed by atoms with van der Waals surface area (Å²) in [5.74, 6) is 1.85. The minimum Gasteiger partial charge on any atom is -0.493 e. The van der Waals surface area contributed by atoms with Gasteiger partial charge in [0.25, 0.3) is 0 Å². The predicted octanol–water partition coefficient (Wildman–Crippen LogP) is 3.14. The molecule has 0 saturated heterocycles. The van der Waals surface area contributed by atoms with Crippen LogP contribution in [0.2, 0.25) is 0 Å². The highest BCUT2D eigenvalue weighted by atomic mass is 16.5. The first kappa shape index (κ1) is 22.4. The lowest BCUT2D eigenvalue weighted by molar-refractivity contribution is -0.512. The molecule has 0 bridgehead atoms. The summed E-state index contributed by atoms with van der Waals surface area (Å²) >= 11 is 0. The summed E-state index contributed by atoms with van der Waals surface area (Å²) in [6.45, 7) is 5.54. The molecular formula is C22H32N3O4+. The van der Waals surface area contributed by atoms with Gasteiger partial charge in [0.05, 0.1) is 19.8 Å². The fourth-order valence-electron chi connectivity index (χ4n) is 2.75. The highest BCUT2D eigenvalue weighted by Crippen LogP contribution is 2.34. The number of aliphatic hydroxyl groups excluding tert-OH is 1. The van der Waals surface area contributed by atoms with E-state index in [1.807, 2.05) is 30.3 Å². The predicted molar refractivity (Wildman–Crippen MR) is 116 cm³/mol. The lowest BCUT2D eigenvalue weighted by atomic mass is 10.2. The van der Waals surface area contributed by atoms with Gasteiger partial charge in [-0.15, -0.1) is 0 Å². The molecule has 0 unspecified atom stereocenters. The van der Waals surface area contributed by atoms with Gasteiger partial charge >= 0.3 is 6.02 Å². The molecule has 0 aliphatic carbocycles. The van der Waals surface area contributed by atoms with Gasteiger partial charge in [-0.1, -0.05) is 13.8 Å². The zero-order valence-electron chi connectivity index (χ0n) is 17.6. The Labute approximate surface area is 172 Å². The molecule has 0 fully saturated rings. The van der Waals surface area contributed by atoms with Crippen LogP contribution in [0.5, 0.6) is 17.2 Å². The van der Waals surface area contributed by atoms with E-state index >= 15 is 0 Å². The Bertz CT molecular complexity index is 774. The van der Waals surface area contributed by atoms with Gasteiger partial charge in [0.2, 0.25) is 0 Å². The van der Waals surface area contributed by atoms with Crippen molar-refractivity contribution in [3.8, 4) is 17.2 Å². The smallest absolute Gasteiger partial charge is 0.444 e. The second kappa shape index (κ2) is 11.8. The maximum absolute atomic E-state index is 10.1. The van der Waals surface area contributed by atoms with E-state index in [1.165, 1.54) is 0 Å². The minimum atomic E-state index is 0.0194. The molecule has 0 saturated carbocycles. The van der Waals surface area contributed by atoms with Crippen LogP contribution in [0.4, 0.5) is 11.4 Å². The summed E-state index contributed by atoms with van der Waals surface area (Å²) in [6.07, 6.45) is 1.86. The van der Waals surface area contributed by atoms with Crippen molar-refractivity contribution in [3.05, 3.63) is 42.5 Å². The van der Waals surface area contributed by atoms with Crippen molar-refractivity contribution < 1.29 is 24.3 Å². The van der Waals surface area contributed by atoms with Crippen LogP contribution in [-0.4, -0.2) is 44.5 Å².